The minimum Gasteiger partial charge on any atom is -0.447 e. The van der Waals surface area contributed by atoms with Crippen molar-refractivity contribution in [3.63, 3.8) is 0 Å². The highest BCUT2D eigenvalue weighted by Crippen LogP contribution is 2.31. The lowest BCUT2D eigenvalue weighted by Gasteiger charge is -2.25. The summed E-state index contributed by atoms with van der Waals surface area (Å²) in [7, 11) is 0. The van der Waals surface area contributed by atoms with Crippen LogP contribution >= 0.6 is 0 Å². The van der Waals surface area contributed by atoms with Crippen LogP contribution in [0.25, 0.3) is 0 Å². The summed E-state index contributed by atoms with van der Waals surface area (Å²) in [5.74, 6) is -1.29. The average Bonchev–Trinajstić information content (AvgIpc) is 2.60. The molecule has 0 spiro atoms. The minimum absolute atomic E-state index is 0.0968. The third kappa shape index (κ3) is 2.09. The van der Waals surface area contributed by atoms with E-state index in [-0.39, 0.29) is 18.2 Å². The highest BCUT2D eigenvalue weighted by Gasteiger charge is 2.37. The van der Waals surface area contributed by atoms with Crippen LogP contribution in [0.15, 0.2) is 18.2 Å². The van der Waals surface area contributed by atoms with Crippen LogP contribution in [-0.2, 0) is 4.74 Å². The van der Waals surface area contributed by atoms with Crippen molar-refractivity contribution in [2.24, 2.45) is 0 Å². The fourth-order valence-electron chi connectivity index (χ4n) is 2.01. The maximum atomic E-state index is 13.6. The van der Waals surface area contributed by atoms with E-state index in [1.807, 2.05) is 13.8 Å². The fourth-order valence-corrected chi connectivity index (χ4v) is 2.01. The Balaban J connectivity index is 2.36. The zero-order chi connectivity index (χ0) is 12.6. The standard InChI is InChI=1S/C12H13F2NO2/c1-7(2)15-11(6-17-12(15)16)9-4-3-8(13)5-10(9)14/h3-5,7,11H,6H2,1-2H3. The van der Waals surface area contributed by atoms with Crippen molar-refractivity contribution in [2.45, 2.75) is 25.9 Å². The van der Waals surface area contributed by atoms with Gasteiger partial charge < -0.3 is 4.74 Å². The third-order valence-electron chi connectivity index (χ3n) is 2.79. The van der Waals surface area contributed by atoms with Gasteiger partial charge in [0.25, 0.3) is 0 Å². The quantitative estimate of drug-likeness (QED) is 0.796. The summed E-state index contributed by atoms with van der Waals surface area (Å²) in [5.41, 5.74) is 0.283. The van der Waals surface area contributed by atoms with Gasteiger partial charge in [-0.25, -0.2) is 13.6 Å². The van der Waals surface area contributed by atoms with Gasteiger partial charge in [-0.1, -0.05) is 6.07 Å². The Bertz CT molecular complexity index is 448. The van der Waals surface area contributed by atoms with Crippen LogP contribution in [0.4, 0.5) is 13.6 Å². The van der Waals surface area contributed by atoms with Gasteiger partial charge >= 0.3 is 6.09 Å². The van der Waals surface area contributed by atoms with Gasteiger partial charge in [-0.3, -0.25) is 4.90 Å². The molecule has 1 aromatic rings. The van der Waals surface area contributed by atoms with Crippen molar-refractivity contribution in [3.05, 3.63) is 35.4 Å². The fraction of sp³-hybridized carbons (Fsp3) is 0.417. The first-order valence-electron chi connectivity index (χ1n) is 5.40. The van der Waals surface area contributed by atoms with Crippen LogP contribution in [0.5, 0.6) is 0 Å². The molecule has 5 heteroatoms. The maximum Gasteiger partial charge on any atom is 0.410 e. The van der Waals surface area contributed by atoms with E-state index in [0.29, 0.717) is 0 Å². The minimum atomic E-state index is -0.654. The molecule has 1 amide bonds. The highest BCUT2D eigenvalue weighted by molar-refractivity contribution is 5.71. The Hall–Kier alpha value is -1.65. The number of amides is 1. The maximum absolute atomic E-state index is 13.6. The summed E-state index contributed by atoms with van der Waals surface area (Å²) >= 11 is 0. The summed E-state index contributed by atoms with van der Waals surface area (Å²) in [4.78, 5) is 12.9. The zero-order valence-corrected chi connectivity index (χ0v) is 9.61. The zero-order valence-electron chi connectivity index (χ0n) is 9.61. The van der Waals surface area contributed by atoms with Gasteiger partial charge in [-0.05, 0) is 19.9 Å². The van der Waals surface area contributed by atoms with E-state index in [0.717, 1.165) is 6.07 Å². The SMILES string of the molecule is CC(C)N1C(=O)OCC1c1ccc(F)cc1F. The first kappa shape index (κ1) is 11.8. The molecule has 0 radical (unpaired) electrons. The summed E-state index contributed by atoms with van der Waals surface area (Å²) in [6.45, 7) is 3.74. The van der Waals surface area contributed by atoms with Gasteiger partial charge in [0.05, 0.1) is 6.04 Å². The van der Waals surface area contributed by atoms with E-state index in [2.05, 4.69) is 0 Å². The summed E-state index contributed by atoms with van der Waals surface area (Å²) in [5, 5.41) is 0. The molecule has 2 rings (SSSR count). The van der Waals surface area contributed by atoms with E-state index in [9.17, 15) is 13.6 Å². The molecule has 0 aromatic heterocycles. The number of hydrogen-bond acceptors (Lipinski definition) is 2. The molecule has 1 fully saturated rings. The van der Waals surface area contributed by atoms with Gasteiger partial charge in [0.2, 0.25) is 0 Å². The molecular formula is C12H13F2NO2. The number of hydrogen-bond donors (Lipinski definition) is 0. The predicted molar refractivity (Wildman–Crippen MR) is 57.4 cm³/mol. The summed E-state index contributed by atoms with van der Waals surface area (Å²) in [6.07, 6.45) is -0.464. The van der Waals surface area contributed by atoms with Crippen LogP contribution < -0.4 is 0 Å². The van der Waals surface area contributed by atoms with E-state index in [1.54, 1.807) is 0 Å². The number of rotatable bonds is 2. The molecule has 1 aliphatic rings. The molecule has 0 saturated carbocycles. The summed E-state index contributed by atoms with van der Waals surface area (Å²) < 4.78 is 31.4. The molecule has 1 saturated heterocycles. The lowest BCUT2D eigenvalue weighted by molar-refractivity contribution is 0.149. The predicted octanol–water partition coefficient (Wildman–Crippen LogP) is 2.87. The van der Waals surface area contributed by atoms with Gasteiger partial charge in [-0.2, -0.15) is 0 Å². The molecule has 3 nitrogen and oxygen atoms in total. The molecule has 0 bridgehead atoms. The molecule has 0 aliphatic carbocycles. The molecular weight excluding hydrogens is 228 g/mol. The molecule has 1 aliphatic heterocycles. The summed E-state index contributed by atoms with van der Waals surface area (Å²) in [6, 6.07) is 2.77. The van der Waals surface area contributed by atoms with E-state index >= 15 is 0 Å². The van der Waals surface area contributed by atoms with E-state index in [1.165, 1.54) is 17.0 Å². The normalized spacial score (nSPS) is 19.9. The molecule has 1 heterocycles. The monoisotopic (exact) mass is 241 g/mol. The lowest BCUT2D eigenvalue weighted by Crippen LogP contribution is -2.34. The number of halogens is 2. The number of carbonyl (C=O) groups excluding carboxylic acids is 1. The topological polar surface area (TPSA) is 29.5 Å². The Kier molecular flexibility index (Phi) is 3.00. The molecule has 1 unspecified atom stereocenters. The largest absolute Gasteiger partial charge is 0.447 e. The second-order valence-corrected chi connectivity index (χ2v) is 4.26. The van der Waals surface area contributed by atoms with Gasteiger partial charge in [0.1, 0.15) is 18.2 Å². The Morgan fingerprint density at radius 1 is 1.41 bits per heavy atom. The lowest BCUT2D eigenvalue weighted by atomic mass is 10.1. The van der Waals surface area contributed by atoms with Crippen molar-refractivity contribution in [3.8, 4) is 0 Å². The molecule has 1 atom stereocenters. The Labute approximate surface area is 98.0 Å². The van der Waals surface area contributed by atoms with Crippen molar-refractivity contribution >= 4 is 6.09 Å². The van der Waals surface area contributed by atoms with Crippen LogP contribution in [-0.4, -0.2) is 23.6 Å². The molecule has 0 N–H and O–H groups in total. The third-order valence-corrected chi connectivity index (χ3v) is 2.79. The number of nitrogens with zero attached hydrogens (tertiary/aromatic N) is 1. The number of carbonyl (C=O) groups is 1. The average molecular weight is 241 g/mol. The van der Waals surface area contributed by atoms with Crippen LogP contribution in [0.3, 0.4) is 0 Å². The van der Waals surface area contributed by atoms with Gasteiger partial charge in [0, 0.05) is 17.7 Å². The van der Waals surface area contributed by atoms with Crippen LogP contribution in [0, 0.1) is 11.6 Å². The van der Waals surface area contributed by atoms with E-state index < -0.39 is 23.8 Å². The second kappa shape index (κ2) is 4.31. The van der Waals surface area contributed by atoms with Crippen LogP contribution in [0.2, 0.25) is 0 Å². The molecule has 92 valence electrons. The van der Waals surface area contributed by atoms with Crippen LogP contribution in [0.1, 0.15) is 25.5 Å². The Morgan fingerprint density at radius 3 is 2.71 bits per heavy atom. The van der Waals surface area contributed by atoms with Crippen molar-refractivity contribution in [1.29, 1.82) is 0 Å². The first-order chi connectivity index (χ1) is 8.00. The second-order valence-electron chi connectivity index (χ2n) is 4.26. The van der Waals surface area contributed by atoms with Crippen molar-refractivity contribution < 1.29 is 18.3 Å². The molecule has 17 heavy (non-hydrogen) atoms. The number of cyclic esters (lactones) is 1. The molecule has 1 aromatic carbocycles. The smallest absolute Gasteiger partial charge is 0.410 e. The van der Waals surface area contributed by atoms with Gasteiger partial charge in [-0.15, -0.1) is 0 Å². The van der Waals surface area contributed by atoms with Crippen molar-refractivity contribution in [1.82, 2.24) is 4.90 Å². The van der Waals surface area contributed by atoms with E-state index in [4.69, 9.17) is 4.74 Å². The first-order valence-corrected chi connectivity index (χ1v) is 5.40. The number of benzene rings is 1. The van der Waals surface area contributed by atoms with Gasteiger partial charge in [0.15, 0.2) is 0 Å². The van der Waals surface area contributed by atoms with Crippen molar-refractivity contribution in [2.75, 3.05) is 6.61 Å². The highest BCUT2D eigenvalue weighted by atomic mass is 19.1. The number of ether oxygens (including phenoxy) is 1. The Morgan fingerprint density at radius 2 is 2.12 bits per heavy atom.